The molecule has 6 N–H and O–H groups in total. The number of ketones is 1. The van der Waals surface area contributed by atoms with Crippen LogP contribution in [0.1, 0.15) is 33.1 Å². The third-order valence-corrected chi connectivity index (χ3v) is 5.46. The Morgan fingerprint density at radius 2 is 1.85 bits per heavy atom. The lowest BCUT2D eigenvalue weighted by molar-refractivity contribution is -0.169. The number of hydrogen-bond acceptors (Lipinski definition) is 7. The van der Waals surface area contributed by atoms with E-state index in [1.807, 2.05) is 0 Å². The number of β-lactam (4-membered cyclic amide) rings is 1. The van der Waals surface area contributed by atoms with Gasteiger partial charge < -0.3 is 31.5 Å². The number of rotatable bonds is 8. The number of primary amides is 1. The Morgan fingerprint density at radius 1 is 1.22 bits per heavy atom. The second-order valence-electron chi connectivity index (χ2n) is 7.54. The normalized spacial score (nSPS) is 26.5. The van der Waals surface area contributed by atoms with Gasteiger partial charge in [0, 0.05) is 13.0 Å². The number of hydrogen-bond donors (Lipinski definition) is 4. The van der Waals surface area contributed by atoms with Gasteiger partial charge in [-0.25, -0.2) is 0 Å². The van der Waals surface area contributed by atoms with Crippen LogP contribution in [0.15, 0.2) is 0 Å². The predicted octanol–water partition coefficient (Wildman–Crippen LogP) is -2.66. The monoisotopic (exact) mass is 384 g/mol. The van der Waals surface area contributed by atoms with Gasteiger partial charge in [0.25, 0.3) is 5.91 Å². The molecule has 2 aliphatic rings. The number of amides is 3. The van der Waals surface area contributed by atoms with E-state index in [-0.39, 0.29) is 31.2 Å². The molecule has 10 nitrogen and oxygen atoms in total. The second kappa shape index (κ2) is 7.91. The molecule has 27 heavy (non-hydrogen) atoms. The van der Waals surface area contributed by atoms with Crippen molar-refractivity contribution in [2.24, 2.45) is 17.4 Å². The first-order chi connectivity index (χ1) is 12.5. The number of likely N-dealkylation sites (tertiary alicyclic amines) is 2. The van der Waals surface area contributed by atoms with Gasteiger partial charge in [0.2, 0.25) is 11.8 Å². The van der Waals surface area contributed by atoms with Crippen molar-refractivity contribution in [1.29, 1.82) is 0 Å². The van der Waals surface area contributed by atoms with E-state index < -0.39 is 41.5 Å². The number of carbonyl (C=O) groups excluding carboxylic acids is 4. The molecule has 2 saturated heterocycles. The van der Waals surface area contributed by atoms with Gasteiger partial charge in [-0.3, -0.25) is 19.2 Å². The molecule has 1 spiro atoms. The van der Waals surface area contributed by atoms with Gasteiger partial charge in [-0.2, -0.15) is 0 Å². The second-order valence-corrected chi connectivity index (χ2v) is 7.54. The van der Waals surface area contributed by atoms with Gasteiger partial charge >= 0.3 is 0 Å². The lowest BCUT2D eigenvalue weighted by Crippen LogP contribution is -2.74. The molecule has 0 aromatic carbocycles. The first-order valence-electron chi connectivity index (χ1n) is 9.05. The van der Waals surface area contributed by atoms with Crippen LogP contribution >= 0.6 is 0 Å². The van der Waals surface area contributed by atoms with E-state index in [9.17, 15) is 29.4 Å². The van der Waals surface area contributed by atoms with Crippen molar-refractivity contribution >= 4 is 23.5 Å². The predicted molar refractivity (Wildman–Crippen MR) is 93.9 cm³/mol. The van der Waals surface area contributed by atoms with Crippen LogP contribution in [0.25, 0.3) is 0 Å². The van der Waals surface area contributed by atoms with Crippen LogP contribution in [0.5, 0.6) is 0 Å². The van der Waals surface area contributed by atoms with Crippen molar-refractivity contribution in [3.63, 3.8) is 0 Å². The molecule has 2 heterocycles. The molecule has 5 atom stereocenters. The maximum absolute atomic E-state index is 12.7. The van der Waals surface area contributed by atoms with E-state index in [0.29, 0.717) is 19.4 Å². The minimum Gasteiger partial charge on any atom is -0.393 e. The molecular formula is C17H28N4O6. The average Bonchev–Trinajstić information content (AvgIpc) is 3.03. The summed E-state index contributed by atoms with van der Waals surface area (Å²) in [6.45, 7) is 3.15. The summed E-state index contributed by atoms with van der Waals surface area (Å²) in [6, 6.07) is -1.11. The Kier molecular flexibility index (Phi) is 6.23. The summed E-state index contributed by atoms with van der Waals surface area (Å²) in [5, 5.41) is 19.1. The summed E-state index contributed by atoms with van der Waals surface area (Å²) in [5.74, 6) is -2.99. The zero-order valence-corrected chi connectivity index (χ0v) is 15.6. The van der Waals surface area contributed by atoms with Gasteiger partial charge in [0.1, 0.15) is 11.6 Å². The summed E-state index contributed by atoms with van der Waals surface area (Å²) < 4.78 is 0. The number of aliphatic hydroxyl groups excluding tert-OH is 2. The summed E-state index contributed by atoms with van der Waals surface area (Å²) in [4.78, 5) is 51.4. The Hall–Kier alpha value is -2.04. The summed E-state index contributed by atoms with van der Waals surface area (Å²) in [7, 11) is 0. The van der Waals surface area contributed by atoms with Gasteiger partial charge in [-0.15, -0.1) is 0 Å². The van der Waals surface area contributed by atoms with Crippen LogP contribution < -0.4 is 11.5 Å². The van der Waals surface area contributed by atoms with Gasteiger partial charge in [-0.05, 0) is 26.7 Å². The largest absolute Gasteiger partial charge is 0.393 e. The Bertz CT molecular complexity index is 637. The number of carbonyl (C=O) groups is 4. The third kappa shape index (κ3) is 3.97. The molecule has 2 fully saturated rings. The first-order valence-corrected chi connectivity index (χ1v) is 9.05. The van der Waals surface area contributed by atoms with Crippen LogP contribution in [0.2, 0.25) is 0 Å². The fraction of sp³-hybridized carbons (Fsp3) is 0.765. The molecule has 4 unspecified atom stereocenters. The van der Waals surface area contributed by atoms with Crippen LogP contribution in [-0.4, -0.2) is 86.9 Å². The molecule has 0 radical (unpaired) electrons. The zero-order chi connectivity index (χ0) is 20.5. The fourth-order valence-corrected chi connectivity index (χ4v) is 3.79. The minimum absolute atomic E-state index is 0.200. The van der Waals surface area contributed by atoms with Crippen LogP contribution in [0.4, 0.5) is 0 Å². The van der Waals surface area contributed by atoms with Crippen molar-refractivity contribution in [2.75, 3.05) is 19.6 Å². The van der Waals surface area contributed by atoms with E-state index in [4.69, 9.17) is 11.5 Å². The van der Waals surface area contributed by atoms with E-state index in [2.05, 4.69) is 0 Å². The Labute approximate surface area is 157 Å². The molecule has 152 valence electrons. The minimum atomic E-state index is -1.11. The number of Topliss-reactive ketones (excluding diaryl/α,β-unsaturated/α-hetero) is 1. The highest BCUT2D eigenvalue weighted by atomic mass is 16.3. The maximum Gasteiger partial charge on any atom is 0.250 e. The van der Waals surface area contributed by atoms with E-state index >= 15 is 0 Å². The lowest BCUT2D eigenvalue weighted by atomic mass is 9.84. The van der Waals surface area contributed by atoms with Gasteiger partial charge in [0.15, 0.2) is 5.78 Å². The smallest absolute Gasteiger partial charge is 0.250 e. The maximum atomic E-state index is 12.7. The van der Waals surface area contributed by atoms with E-state index in [1.165, 1.54) is 23.6 Å². The molecule has 0 saturated carbocycles. The molecule has 3 amide bonds. The van der Waals surface area contributed by atoms with Crippen molar-refractivity contribution in [3.8, 4) is 0 Å². The SMILES string of the molecule is CC(O)C(CC(=O)CN1CC2(CCCN2C(=O)[C@@H](N)C(C)O)C1=O)C(N)=O. The molecule has 10 heteroatoms. The standard InChI is InChI=1S/C17H28N4O6/c1-9(22)12(14(19)25)6-11(24)7-20-8-17(16(20)27)4-3-5-21(17)15(26)13(18)10(2)23/h9-10,12-13,22-23H,3-8,18H2,1-2H3,(H2,19,25)/t9?,10?,12?,13-,17?/m0/s1. The van der Waals surface area contributed by atoms with Crippen molar-refractivity contribution in [2.45, 2.75) is 56.9 Å². The molecule has 0 aromatic rings. The molecular weight excluding hydrogens is 356 g/mol. The van der Waals surface area contributed by atoms with Gasteiger partial charge in [0.05, 0.1) is 31.2 Å². The zero-order valence-electron chi connectivity index (χ0n) is 15.6. The summed E-state index contributed by atoms with van der Waals surface area (Å²) >= 11 is 0. The molecule has 0 bridgehead atoms. The quantitative estimate of drug-likeness (QED) is 0.331. The molecule has 2 rings (SSSR count). The summed E-state index contributed by atoms with van der Waals surface area (Å²) in [6.07, 6.45) is -1.23. The average molecular weight is 384 g/mol. The number of nitrogens with two attached hydrogens (primary N) is 2. The van der Waals surface area contributed by atoms with E-state index in [1.54, 1.807) is 0 Å². The van der Waals surface area contributed by atoms with Gasteiger partial charge in [-0.1, -0.05) is 0 Å². The highest BCUT2D eigenvalue weighted by Gasteiger charge is 2.60. The third-order valence-electron chi connectivity index (χ3n) is 5.46. The highest BCUT2D eigenvalue weighted by Crippen LogP contribution is 2.39. The number of nitrogens with zero attached hydrogens (tertiary/aromatic N) is 2. The van der Waals surface area contributed by atoms with E-state index in [0.717, 1.165) is 0 Å². The Balaban J connectivity index is 2.00. The molecule has 0 aliphatic carbocycles. The first kappa shape index (κ1) is 21.3. The van der Waals surface area contributed by atoms with Crippen molar-refractivity contribution < 1.29 is 29.4 Å². The summed E-state index contributed by atoms with van der Waals surface area (Å²) in [5.41, 5.74) is 9.90. The van der Waals surface area contributed by atoms with Crippen LogP contribution in [0, 0.1) is 5.92 Å². The van der Waals surface area contributed by atoms with Crippen molar-refractivity contribution in [1.82, 2.24) is 9.80 Å². The lowest BCUT2D eigenvalue weighted by Gasteiger charge is -2.51. The highest BCUT2D eigenvalue weighted by molar-refractivity contribution is 6.00. The van der Waals surface area contributed by atoms with Crippen LogP contribution in [-0.2, 0) is 19.2 Å². The molecule has 2 aliphatic heterocycles. The Morgan fingerprint density at radius 3 is 2.33 bits per heavy atom. The topological polar surface area (TPSA) is 167 Å². The van der Waals surface area contributed by atoms with Crippen LogP contribution in [0.3, 0.4) is 0 Å². The van der Waals surface area contributed by atoms with Crippen molar-refractivity contribution in [3.05, 3.63) is 0 Å². The number of aliphatic hydroxyl groups is 2. The molecule has 0 aromatic heterocycles. The fourth-order valence-electron chi connectivity index (χ4n) is 3.79.